The molecule has 3 aromatic rings. The number of thiophene rings is 1. The van der Waals surface area contributed by atoms with E-state index in [9.17, 15) is 13.5 Å². The highest BCUT2D eigenvalue weighted by Crippen LogP contribution is 2.44. The molecule has 6 heteroatoms. The van der Waals surface area contributed by atoms with Gasteiger partial charge in [-0.15, -0.1) is 11.3 Å². The van der Waals surface area contributed by atoms with E-state index in [2.05, 4.69) is 10.8 Å². The predicted octanol–water partition coefficient (Wildman–Crippen LogP) is 4.74. The molecule has 1 atom stereocenters. The van der Waals surface area contributed by atoms with Crippen molar-refractivity contribution < 1.29 is 13.5 Å². The SMILES string of the molecule is CC(O)c1ccc(C2(CNS(=O)(=O)c3ccc4ccccc4c3)CCCC2)s1. The Kier molecular flexibility index (Phi) is 5.31. The van der Waals surface area contributed by atoms with Gasteiger partial charge in [0.2, 0.25) is 10.0 Å². The average Bonchev–Trinajstić information content (AvgIpc) is 3.36. The van der Waals surface area contributed by atoms with Crippen molar-refractivity contribution in [2.45, 2.75) is 49.0 Å². The number of rotatable bonds is 6. The van der Waals surface area contributed by atoms with Gasteiger partial charge < -0.3 is 5.11 Å². The molecule has 1 aliphatic rings. The topological polar surface area (TPSA) is 66.4 Å². The number of hydrogen-bond acceptors (Lipinski definition) is 4. The second-order valence-electron chi connectivity index (χ2n) is 7.70. The summed E-state index contributed by atoms with van der Waals surface area (Å²) in [6, 6.07) is 17.0. The minimum atomic E-state index is -3.59. The number of benzene rings is 2. The number of hydrogen-bond donors (Lipinski definition) is 2. The number of aliphatic hydroxyl groups is 1. The molecule has 0 amide bonds. The maximum Gasteiger partial charge on any atom is 0.240 e. The Morgan fingerprint density at radius 2 is 1.79 bits per heavy atom. The molecule has 1 heterocycles. The highest BCUT2D eigenvalue weighted by molar-refractivity contribution is 7.89. The minimum Gasteiger partial charge on any atom is -0.388 e. The zero-order valence-electron chi connectivity index (χ0n) is 15.9. The number of fused-ring (bicyclic) bond motifs is 1. The maximum atomic E-state index is 13.0. The zero-order chi connectivity index (χ0) is 19.8. The third kappa shape index (κ3) is 3.74. The molecule has 1 aromatic heterocycles. The Balaban J connectivity index is 1.59. The van der Waals surface area contributed by atoms with Crippen LogP contribution in [0.15, 0.2) is 59.5 Å². The molecule has 1 unspecified atom stereocenters. The molecular weight excluding hydrogens is 390 g/mol. The molecule has 4 rings (SSSR count). The van der Waals surface area contributed by atoms with Crippen LogP contribution in [0.25, 0.3) is 10.8 Å². The summed E-state index contributed by atoms with van der Waals surface area (Å²) < 4.78 is 28.8. The smallest absolute Gasteiger partial charge is 0.240 e. The van der Waals surface area contributed by atoms with Gasteiger partial charge in [-0.1, -0.05) is 43.2 Å². The van der Waals surface area contributed by atoms with Gasteiger partial charge >= 0.3 is 0 Å². The summed E-state index contributed by atoms with van der Waals surface area (Å²) in [5, 5.41) is 11.8. The average molecular weight is 416 g/mol. The normalized spacial score (nSPS) is 17.8. The summed E-state index contributed by atoms with van der Waals surface area (Å²) in [7, 11) is -3.59. The Labute approximate surface area is 170 Å². The molecule has 1 aliphatic carbocycles. The van der Waals surface area contributed by atoms with Crippen LogP contribution in [0.5, 0.6) is 0 Å². The van der Waals surface area contributed by atoms with Crippen LogP contribution in [0.1, 0.15) is 48.5 Å². The molecule has 0 radical (unpaired) electrons. The molecule has 2 aromatic carbocycles. The lowest BCUT2D eigenvalue weighted by Crippen LogP contribution is -2.38. The van der Waals surface area contributed by atoms with Crippen molar-refractivity contribution in [3.8, 4) is 0 Å². The Hall–Kier alpha value is -1.73. The molecule has 4 nitrogen and oxygen atoms in total. The Morgan fingerprint density at radius 3 is 2.46 bits per heavy atom. The summed E-state index contributed by atoms with van der Waals surface area (Å²) in [6.45, 7) is 2.15. The van der Waals surface area contributed by atoms with Gasteiger partial charge in [-0.05, 0) is 54.8 Å². The molecule has 0 saturated heterocycles. The first-order valence-electron chi connectivity index (χ1n) is 9.66. The summed E-state index contributed by atoms with van der Waals surface area (Å²) in [4.78, 5) is 2.40. The second-order valence-corrected chi connectivity index (χ2v) is 10.6. The van der Waals surface area contributed by atoms with Crippen molar-refractivity contribution >= 4 is 32.1 Å². The van der Waals surface area contributed by atoms with E-state index in [-0.39, 0.29) is 5.41 Å². The van der Waals surface area contributed by atoms with E-state index in [1.54, 1.807) is 30.4 Å². The first-order valence-corrected chi connectivity index (χ1v) is 12.0. The van der Waals surface area contributed by atoms with E-state index in [1.165, 1.54) is 4.88 Å². The van der Waals surface area contributed by atoms with E-state index in [0.717, 1.165) is 41.3 Å². The standard InChI is InChI=1S/C22H25NO3S2/c1-16(24)20-10-11-21(27-20)22(12-4-5-13-22)15-23-28(25,26)19-9-8-17-6-2-3-7-18(17)14-19/h2-3,6-11,14,16,23-24H,4-5,12-13,15H2,1H3. The summed E-state index contributed by atoms with van der Waals surface area (Å²) in [6.07, 6.45) is 3.63. The van der Waals surface area contributed by atoms with Gasteiger partial charge in [-0.2, -0.15) is 0 Å². The van der Waals surface area contributed by atoms with Crippen LogP contribution in [0, 0.1) is 0 Å². The molecule has 1 fully saturated rings. The van der Waals surface area contributed by atoms with Gasteiger partial charge in [0.05, 0.1) is 11.0 Å². The fourth-order valence-corrected chi connectivity index (χ4v) is 6.43. The van der Waals surface area contributed by atoms with Crippen molar-refractivity contribution in [3.05, 3.63) is 64.4 Å². The highest BCUT2D eigenvalue weighted by Gasteiger charge is 2.38. The van der Waals surface area contributed by atoms with Crippen molar-refractivity contribution in [3.63, 3.8) is 0 Å². The highest BCUT2D eigenvalue weighted by atomic mass is 32.2. The molecular formula is C22H25NO3S2. The van der Waals surface area contributed by atoms with Crippen molar-refractivity contribution in [1.29, 1.82) is 0 Å². The van der Waals surface area contributed by atoms with Gasteiger partial charge in [0.15, 0.2) is 0 Å². The third-order valence-corrected chi connectivity index (χ3v) is 8.65. The number of sulfonamides is 1. The number of nitrogens with one attached hydrogen (secondary N) is 1. The number of aliphatic hydroxyl groups excluding tert-OH is 1. The Morgan fingerprint density at radius 1 is 1.07 bits per heavy atom. The van der Waals surface area contributed by atoms with Crippen LogP contribution >= 0.6 is 11.3 Å². The molecule has 0 aliphatic heterocycles. The van der Waals surface area contributed by atoms with Gasteiger partial charge in [0.25, 0.3) is 0 Å². The largest absolute Gasteiger partial charge is 0.388 e. The van der Waals surface area contributed by atoms with Crippen LogP contribution in [0.3, 0.4) is 0 Å². The fraction of sp³-hybridized carbons (Fsp3) is 0.364. The van der Waals surface area contributed by atoms with Crippen LogP contribution in [0.4, 0.5) is 0 Å². The summed E-state index contributed by atoms with van der Waals surface area (Å²) in [5.41, 5.74) is -0.179. The Bertz CT molecular complexity index is 1080. The van der Waals surface area contributed by atoms with E-state index in [0.29, 0.717) is 11.4 Å². The fourth-order valence-electron chi connectivity index (χ4n) is 4.08. The van der Waals surface area contributed by atoms with Crippen LogP contribution in [0.2, 0.25) is 0 Å². The summed E-state index contributed by atoms with van der Waals surface area (Å²) >= 11 is 1.60. The minimum absolute atomic E-state index is 0.179. The molecule has 1 saturated carbocycles. The monoisotopic (exact) mass is 415 g/mol. The lowest BCUT2D eigenvalue weighted by molar-refractivity contribution is 0.203. The molecule has 148 valence electrons. The molecule has 28 heavy (non-hydrogen) atoms. The predicted molar refractivity (Wildman–Crippen MR) is 114 cm³/mol. The first kappa shape index (κ1) is 19.6. The lowest BCUT2D eigenvalue weighted by atomic mass is 9.85. The van der Waals surface area contributed by atoms with Gasteiger partial charge in [0.1, 0.15) is 0 Å². The van der Waals surface area contributed by atoms with E-state index in [1.807, 2.05) is 36.4 Å². The lowest BCUT2D eigenvalue weighted by Gasteiger charge is -2.28. The maximum absolute atomic E-state index is 13.0. The first-order chi connectivity index (χ1) is 13.4. The quantitative estimate of drug-likeness (QED) is 0.611. The van der Waals surface area contributed by atoms with Crippen molar-refractivity contribution in [1.82, 2.24) is 4.72 Å². The van der Waals surface area contributed by atoms with Gasteiger partial charge in [-0.25, -0.2) is 13.1 Å². The van der Waals surface area contributed by atoms with Crippen molar-refractivity contribution in [2.24, 2.45) is 0 Å². The molecule has 0 spiro atoms. The van der Waals surface area contributed by atoms with Crippen molar-refractivity contribution in [2.75, 3.05) is 6.54 Å². The zero-order valence-corrected chi connectivity index (χ0v) is 17.5. The van der Waals surface area contributed by atoms with E-state index >= 15 is 0 Å². The molecule has 0 bridgehead atoms. The van der Waals surface area contributed by atoms with E-state index < -0.39 is 16.1 Å². The van der Waals surface area contributed by atoms with Crippen LogP contribution in [-0.2, 0) is 15.4 Å². The summed E-state index contributed by atoms with van der Waals surface area (Å²) in [5.74, 6) is 0. The van der Waals surface area contributed by atoms with Gasteiger partial charge in [0, 0.05) is 21.7 Å². The third-order valence-electron chi connectivity index (χ3n) is 5.75. The van der Waals surface area contributed by atoms with Crippen LogP contribution < -0.4 is 4.72 Å². The van der Waals surface area contributed by atoms with Gasteiger partial charge in [-0.3, -0.25) is 0 Å². The van der Waals surface area contributed by atoms with E-state index in [4.69, 9.17) is 0 Å². The molecule has 2 N–H and O–H groups in total. The van der Waals surface area contributed by atoms with Crippen LogP contribution in [-0.4, -0.2) is 20.1 Å². The second kappa shape index (κ2) is 7.59.